The molecule has 2 N–H and O–H groups in total. The third-order valence-corrected chi connectivity index (χ3v) is 4.21. The van der Waals surface area contributed by atoms with Crippen LogP contribution in [0.2, 0.25) is 0 Å². The van der Waals surface area contributed by atoms with Crippen molar-refractivity contribution in [2.75, 3.05) is 12.4 Å². The lowest BCUT2D eigenvalue weighted by atomic mass is 9.83. The van der Waals surface area contributed by atoms with Crippen LogP contribution in [0.1, 0.15) is 19.4 Å². The number of benzene rings is 2. The van der Waals surface area contributed by atoms with Gasteiger partial charge in [0, 0.05) is 28.9 Å². The zero-order valence-electron chi connectivity index (χ0n) is 13.8. The molecular weight excluding hydrogens is 307 g/mol. The minimum absolute atomic E-state index is 0.152. The molecule has 124 valence electrons. The molecule has 0 aliphatic heterocycles. The van der Waals surface area contributed by atoms with E-state index in [9.17, 15) is 9.18 Å². The molecule has 1 heterocycles. The molecule has 0 spiro atoms. The molecule has 0 unspecified atom stereocenters. The van der Waals surface area contributed by atoms with Gasteiger partial charge in [0.2, 0.25) is 5.91 Å². The number of hydrogen-bond acceptors (Lipinski definition) is 2. The Morgan fingerprint density at radius 1 is 1.21 bits per heavy atom. The van der Waals surface area contributed by atoms with Crippen LogP contribution in [0, 0.1) is 5.82 Å². The van der Waals surface area contributed by atoms with Gasteiger partial charge < -0.3 is 15.0 Å². The summed E-state index contributed by atoms with van der Waals surface area (Å²) in [5.74, 6) is 0.212. The number of nitrogens with one attached hydrogen (secondary N) is 2. The molecule has 2 aromatic carbocycles. The van der Waals surface area contributed by atoms with Crippen molar-refractivity contribution in [2.45, 2.75) is 19.3 Å². The fourth-order valence-electron chi connectivity index (χ4n) is 2.73. The van der Waals surface area contributed by atoms with Crippen molar-refractivity contribution in [3.05, 3.63) is 60.0 Å². The van der Waals surface area contributed by atoms with E-state index in [2.05, 4.69) is 10.3 Å². The Kier molecular flexibility index (Phi) is 4.01. The zero-order chi connectivity index (χ0) is 17.3. The first-order valence-corrected chi connectivity index (χ1v) is 7.64. The first kappa shape index (κ1) is 16.1. The number of H-pyrrole nitrogens is 1. The molecule has 24 heavy (non-hydrogen) atoms. The van der Waals surface area contributed by atoms with Crippen LogP contribution in [-0.4, -0.2) is 18.0 Å². The fraction of sp³-hybridized carbons (Fsp3) is 0.211. The van der Waals surface area contributed by atoms with E-state index in [1.807, 2.05) is 26.0 Å². The van der Waals surface area contributed by atoms with Gasteiger partial charge in [-0.3, -0.25) is 4.79 Å². The van der Waals surface area contributed by atoms with Crippen LogP contribution < -0.4 is 10.1 Å². The van der Waals surface area contributed by atoms with Gasteiger partial charge in [-0.15, -0.1) is 0 Å². The molecule has 0 aliphatic carbocycles. The van der Waals surface area contributed by atoms with Crippen molar-refractivity contribution < 1.29 is 13.9 Å². The zero-order valence-corrected chi connectivity index (χ0v) is 13.8. The lowest BCUT2D eigenvalue weighted by Crippen LogP contribution is -2.34. The van der Waals surface area contributed by atoms with E-state index in [0.717, 1.165) is 10.9 Å². The number of hydrogen-bond donors (Lipinski definition) is 2. The number of fused-ring (bicyclic) bond motifs is 1. The second-order valence-electron chi connectivity index (χ2n) is 6.20. The van der Waals surface area contributed by atoms with Crippen molar-refractivity contribution in [3.8, 4) is 5.75 Å². The second kappa shape index (κ2) is 6.00. The molecule has 1 amide bonds. The number of carbonyl (C=O) groups is 1. The van der Waals surface area contributed by atoms with Crippen LogP contribution in [0.3, 0.4) is 0 Å². The summed E-state index contributed by atoms with van der Waals surface area (Å²) in [6.07, 6.45) is 1.76. The molecule has 0 fully saturated rings. The highest BCUT2D eigenvalue weighted by Gasteiger charge is 2.32. The molecule has 3 aromatic rings. The monoisotopic (exact) mass is 326 g/mol. The third kappa shape index (κ3) is 2.85. The van der Waals surface area contributed by atoms with Gasteiger partial charge in [0.25, 0.3) is 0 Å². The Hall–Kier alpha value is -2.82. The molecule has 4 nitrogen and oxygen atoms in total. The number of halogens is 1. The summed E-state index contributed by atoms with van der Waals surface area (Å²) in [6, 6.07) is 11.7. The molecule has 0 radical (unpaired) electrons. The number of aromatic amines is 1. The first-order valence-electron chi connectivity index (χ1n) is 7.64. The van der Waals surface area contributed by atoms with E-state index in [0.29, 0.717) is 17.0 Å². The van der Waals surface area contributed by atoms with Crippen molar-refractivity contribution in [2.24, 2.45) is 0 Å². The lowest BCUT2D eigenvalue weighted by molar-refractivity contribution is -0.120. The number of rotatable bonds is 4. The van der Waals surface area contributed by atoms with E-state index in [4.69, 9.17) is 4.74 Å². The Labute approximate surface area is 139 Å². The predicted molar refractivity (Wildman–Crippen MR) is 92.9 cm³/mol. The summed E-state index contributed by atoms with van der Waals surface area (Å²) in [7, 11) is 1.58. The largest absolute Gasteiger partial charge is 0.497 e. The quantitative estimate of drug-likeness (QED) is 0.754. The minimum Gasteiger partial charge on any atom is -0.497 e. The normalized spacial score (nSPS) is 11.5. The van der Waals surface area contributed by atoms with Gasteiger partial charge in [0.15, 0.2) is 0 Å². The van der Waals surface area contributed by atoms with Gasteiger partial charge >= 0.3 is 0 Å². The topological polar surface area (TPSA) is 54.1 Å². The SMILES string of the molecule is COc1cccc(NC(=O)C(C)(C)c2c[nH]c3cc(F)ccc23)c1. The smallest absolute Gasteiger partial charge is 0.234 e. The van der Waals surface area contributed by atoms with Gasteiger partial charge in [-0.05, 0) is 49.7 Å². The Morgan fingerprint density at radius 3 is 2.75 bits per heavy atom. The number of aromatic nitrogens is 1. The van der Waals surface area contributed by atoms with E-state index in [1.165, 1.54) is 12.1 Å². The van der Waals surface area contributed by atoms with Gasteiger partial charge in [0.1, 0.15) is 11.6 Å². The van der Waals surface area contributed by atoms with Crippen LogP contribution in [0.5, 0.6) is 5.75 Å². The van der Waals surface area contributed by atoms with Crippen molar-refractivity contribution in [3.63, 3.8) is 0 Å². The number of carbonyl (C=O) groups excluding carboxylic acids is 1. The van der Waals surface area contributed by atoms with E-state index < -0.39 is 5.41 Å². The van der Waals surface area contributed by atoms with Crippen LogP contribution >= 0.6 is 0 Å². The Balaban J connectivity index is 1.91. The molecule has 1 aromatic heterocycles. The Morgan fingerprint density at radius 2 is 2.00 bits per heavy atom. The van der Waals surface area contributed by atoms with Gasteiger partial charge in [0.05, 0.1) is 12.5 Å². The standard InChI is InChI=1S/C19H19FN2O2/c1-19(2,16-11-21-17-9-12(20)7-8-15(16)17)18(23)22-13-5-4-6-14(10-13)24-3/h4-11,21H,1-3H3,(H,22,23). The number of amides is 1. The van der Waals surface area contributed by atoms with Crippen LogP contribution in [-0.2, 0) is 10.2 Å². The average Bonchev–Trinajstić information content (AvgIpc) is 2.98. The molecule has 0 saturated carbocycles. The third-order valence-electron chi connectivity index (χ3n) is 4.21. The Bertz CT molecular complexity index is 899. The van der Waals surface area contributed by atoms with Crippen molar-refractivity contribution in [1.29, 1.82) is 0 Å². The van der Waals surface area contributed by atoms with Gasteiger partial charge in [-0.1, -0.05) is 6.07 Å². The van der Waals surface area contributed by atoms with Crippen LogP contribution in [0.15, 0.2) is 48.7 Å². The average molecular weight is 326 g/mol. The highest BCUT2D eigenvalue weighted by atomic mass is 19.1. The van der Waals surface area contributed by atoms with Crippen molar-refractivity contribution >= 4 is 22.5 Å². The highest BCUT2D eigenvalue weighted by Crippen LogP contribution is 2.32. The molecule has 0 saturated heterocycles. The number of methoxy groups -OCH3 is 1. The molecule has 0 bridgehead atoms. The van der Waals surface area contributed by atoms with E-state index in [-0.39, 0.29) is 11.7 Å². The van der Waals surface area contributed by atoms with Gasteiger partial charge in [-0.2, -0.15) is 0 Å². The number of anilines is 1. The van der Waals surface area contributed by atoms with E-state index >= 15 is 0 Å². The summed E-state index contributed by atoms with van der Waals surface area (Å²) in [4.78, 5) is 15.8. The fourth-order valence-corrected chi connectivity index (χ4v) is 2.73. The molecule has 0 atom stereocenters. The molecule has 3 rings (SSSR count). The minimum atomic E-state index is -0.793. The van der Waals surface area contributed by atoms with E-state index in [1.54, 1.807) is 31.5 Å². The second-order valence-corrected chi connectivity index (χ2v) is 6.20. The predicted octanol–water partition coefficient (Wildman–Crippen LogP) is 4.23. The maximum absolute atomic E-state index is 13.3. The maximum Gasteiger partial charge on any atom is 0.234 e. The molecule has 5 heteroatoms. The van der Waals surface area contributed by atoms with Gasteiger partial charge in [-0.25, -0.2) is 4.39 Å². The summed E-state index contributed by atoms with van der Waals surface area (Å²) < 4.78 is 18.5. The molecular formula is C19H19FN2O2. The number of ether oxygens (including phenoxy) is 1. The maximum atomic E-state index is 13.3. The highest BCUT2D eigenvalue weighted by molar-refractivity contribution is 6.01. The summed E-state index contributed by atoms with van der Waals surface area (Å²) in [5, 5.41) is 3.75. The van der Waals surface area contributed by atoms with Crippen molar-refractivity contribution in [1.82, 2.24) is 4.98 Å². The summed E-state index contributed by atoms with van der Waals surface area (Å²) in [5.41, 5.74) is 1.36. The lowest BCUT2D eigenvalue weighted by Gasteiger charge is -2.23. The van der Waals surface area contributed by atoms with Crippen LogP contribution in [0.4, 0.5) is 10.1 Å². The summed E-state index contributed by atoms with van der Waals surface area (Å²) >= 11 is 0. The molecule has 0 aliphatic rings. The van der Waals surface area contributed by atoms with Crippen LogP contribution in [0.25, 0.3) is 10.9 Å². The summed E-state index contributed by atoms with van der Waals surface area (Å²) in [6.45, 7) is 3.68. The first-order chi connectivity index (χ1) is 11.4.